The van der Waals surface area contributed by atoms with Gasteiger partial charge in [-0.25, -0.2) is 4.79 Å². The Labute approximate surface area is 125 Å². The SMILES string of the molecule is Cc1cc(C)c(COC(=O)c2cc(N)ccc2C)c(C)c1. The number of nitrogen functional groups attached to an aromatic ring is 1. The zero-order valence-corrected chi connectivity index (χ0v) is 13.0. The van der Waals surface area contributed by atoms with Gasteiger partial charge in [-0.15, -0.1) is 0 Å². The Morgan fingerprint density at radius 1 is 1.00 bits per heavy atom. The number of ether oxygens (including phenoxy) is 1. The third-order valence-corrected chi connectivity index (χ3v) is 3.67. The average molecular weight is 283 g/mol. The maximum atomic E-state index is 12.2. The van der Waals surface area contributed by atoms with E-state index in [1.54, 1.807) is 12.1 Å². The standard InChI is InChI=1S/C18H21NO2/c1-11-7-13(3)17(14(4)8-11)10-21-18(20)16-9-15(19)6-5-12(16)2/h5-9H,10,19H2,1-4H3. The summed E-state index contributed by atoms with van der Waals surface area (Å²) < 4.78 is 5.46. The summed E-state index contributed by atoms with van der Waals surface area (Å²) in [6, 6.07) is 9.46. The summed E-state index contributed by atoms with van der Waals surface area (Å²) >= 11 is 0. The van der Waals surface area contributed by atoms with E-state index in [1.165, 1.54) is 5.56 Å². The molecule has 0 saturated carbocycles. The molecule has 2 aromatic rings. The molecule has 0 fully saturated rings. The quantitative estimate of drug-likeness (QED) is 0.687. The Hall–Kier alpha value is -2.29. The highest BCUT2D eigenvalue weighted by Crippen LogP contribution is 2.19. The molecule has 2 aromatic carbocycles. The smallest absolute Gasteiger partial charge is 0.338 e. The van der Waals surface area contributed by atoms with Crippen LogP contribution in [0.25, 0.3) is 0 Å². The van der Waals surface area contributed by atoms with Gasteiger partial charge in [0.15, 0.2) is 0 Å². The van der Waals surface area contributed by atoms with Crippen molar-refractivity contribution in [2.45, 2.75) is 34.3 Å². The van der Waals surface area contributed by atoms with Crippen LogP contribution in [-0.4, -0.2) is 5.97 Å². The van der Waals surface area contributed by atoms with Gasteiger partial charge in [0.25, 0.3) is 0 Å². The third-order valence-electron chi connectivity index (χ3n) is 3.67. The minimum atomic E-state index is -0.334. The molecule has 2 rings (SSSR count). The Morgan fingerprint density at radius 2 is 1.62 bits per heavy atom. The number of hydrogen-bond acceptors (Lipinski definition) is 3. The zero-order valence-electron chi connectivity index (χ0n) is 13.0. The summed E-state index contributed by atoms with van der Waals surface area (Å²) in [6.45, 7) is 8.29. The molecule has 0 saturated heterocycles. The van der Waals surface area contributed by atoms with E-state index in [-0.39, 0.29) is 12.6 Å². The number of hydrogen-bond donors (Lipinski definition) is 1. The van der Waals surface area contributed by atoms with Gasteiger partial charge in [-0.05, 0) is 62.1 Å². The zero-order chi connectivity index (χ0) is 15.6. The van der Waals surface area contributed by atoms with Crippen LogP contribution in [0.5, 0.6) is 0 Å². The van der Waals surface area contributed by atoms with Gasteiger partial charge in [-0.2, -0.15) is 0 Å². The molecule has 110 valence electrons. The molecule has 0 aromatic heterocycles. The van der Waals surface area contributed by atoms with E-state index in [0.29, 0.717) is 11.3 Å². The fourth-order valence-corrected chi connectivity index (χ4v) is 2.51. The maximum absolute atomic E-state index is 12.2. The van der Waals surface area contributed by atoms with Crippen molar-refractivity contribution in [2.24, 2.45) is 0 Å². The second-order valence-electron chi connectivity index (χ2n) is 5.53. The van der Waals surface area contributed by atoms with Gasteiger partial charge in [0.05, 0.1) is 5.56 Å². The molecular formula is C18H21NO2. The third kappa shape index (κ3) is 3.43. The van der Waals surface area contributed by atoms with Crippen LogP contribution < -0.4 is 5.73 Å². The number of anilines is 1. The molecule has 3 nitrogen and oxygen atoms in total. The van der Waals surface area contributed by atoms with Crippen LogP contribution in [0.2, 0.25) is 0 Å². The van der Waals surface area contributed by atoms with Crippen molar-refractivity contribution in [3.05, 3.63) is 63.7 Å². The lowest BCUT2D eigenvalue weighted by Crippen LogP contribution is -2.09. The van der Waals surface area contributed by atoms with E-state index in [0.717, 1.165) is 22.3 Å². The van der Waals surface area contributed by atoms with Crippen LogP contribution in [0.1, 0.15) is 38.2 Å². The highest BCUT2D eigenvalue weighted by Gasteiger charge is 2.13. The van der Waals surface area contributed by atoms with E-state index in [9.17, 15) is 4.79 Å². The molecule has 2 N–H and O–H groups in total. The fourth-order valence-electron chi connectivity index (χ4n) is 2.51. The number of nitrogens with two attached hydrogens (primary N) is 1. The second kappa shape index (κ2) is 6.00. The number of rotatable bonds is 3. The Balaban J connectivity index is 2.17. The largest absolute Gasteiger partial charge is 0.457 e. The molecule has 0 amide bonds. The summed E-state index contributed by atoms with van der Waals surface area (Å²) in [5.74, 6) is -0.334. The van der Waals surface area contributed by atoms with E-state index in [2.05, 4.69) is 19.1 Å². The van der Waals surface area contributed by atoms with Gasteiger partial charge in [-0.1, -0.05) is 23.8 Å². The minimum absolute atomic E-state index is 0.283. The first-order chi connectivity index (χ1) is 9.88. The van der Waals surface area contributed by atoms with Crippen LogP contribution in [0.3, 0.4) is 0 Å². The molecule has 0 aliphatic heterocycles. The Kier molecular flexibility index (Phi) is 4.32. The van der Waals surface area contributed by atoms with Crippen LogP contribution in [-0.2, 0) is 11.3 Å². The summed E-state index contributed by atoms with van der Waals surface area (Å²) in [5.41, 5.74) is 12.3. The fraction of sp³-hybridized carbons (Fsp3) is 0.278. The summed E-state index contributed by atoms with van der Waals surface area (Å²) in [7, 11) is 0. The minimum Gasteiger partial charge on any atom is -0.457 e. The number of aryl methyl sites for hydroxylation is 4. The molecule has 0 aliphatic carbocycles. The Morgan fingerprint density at radius 3 is 2.24 bits per heavy atom. The predicted molar refractivity (Wildman–Crippen MR) is 85.4 cm³/mol. The highest BCUT2D eigenvalue weighted by atomic mass is 16.5. The summed E-state index contributed by atoms with van der Waals surface area (Å²) in [5, 5.41) is 0. The molecule has 0 radical (unpaired) electrons. The van der Waals surface area contributed by atoms with Gasteiger partial charge in [0, 0.05) is 5.69 Å². The lowest BCUT2D eigenvalue weighted by Gasteiger charge is -2.13. The normalized spacial score (nSPS) is 10.5. The lowest BCUT2D eigenvalue weighted by molar-refractivity contribution is 0.0471. The summed E-state index contributed by atoms with van der Waals surface area (Å²) in [6.07, 6.45) is 0. The number of esters is 1. The van der Waals surface area contributed by atoms with Crippen LogP contribution in [0, 0.1) is 27.7 Å². The van der Waals surface area contributed by atoms with Crippen molar-refractivity contribution < 1.29 is 9.53 Å². The van der Waals surface area contributed by atoms with Gasteiger partial charge < -0.3 is 10.5 Å². The van der Waals surface area contributed by atoms with Crippen LogP contribution >= 0.6 is 0 Å². The van der Waals surface area contributed by atoms with Gasteiger partial charge in [0.1, 0.15) is 6.61 Å². The number of carbonyl (C=O) groups excluding carboxylic acids is 1. The molecule has 0 unspecified atom stereocenters. The molecule has 0 aliphatic rings. The number of carbonyl (C=O) groups is 1. The van der Waals surface area contributed by atoms with Gasteiger partial charge in [0.2, 0.25) is 0 Å². The van der Waals surface area contributed by atoms with E-state index in [1.807, 2.05) is 26.8 Å². The molecular weight excluding hydrogens is 262 g/mol. The lowest BCUT2D eigenvalue weighted by atomic mass is 10.0. The van der Waals surface area contributed by atoms with Gasteiger partial charge in [-0.3, -0.25) is 0 Å². The molecule has 3 heteroatoms. The first-order valence-corrected chi connectivity index (χ1v) is 6.98. The molecule has 0 heterocycles. The topological polar surface area (TPSA) is 52.3 Å². The first-order valence-electron chi connectivity index (χ1n) is 6.98. The highest BCUT2D eigenvalue weighted by molar-refractivity contribution is 5.92. The van der Waals surface area contributed by atoms with Crippen molar-refractivity contribution in [2.75, 3.05) is 5.73 Å². The van der Waals surface area contributed by atoms with Crippen molar-refractivity contribution in [3.8, 4) is 0 Å². The van der Waals surface area contributed by atoms with Crippen molar-refractivity contribution in [3.63, 3.8) is 0 Å². The average Bonchev–Trinajstić information content (AvgIpc) is 2.40. The first kappa shape index (κ1) is 15.1. The van der Waals surface area contributed by atoms with Crippen molar-refractivity contribution in [1.82, 2.24) is 0 Å². The van der Waals surface area contributed by atoms with Crippen LogP contribution in [0.15, 0.2) is 30.3 Å². The van der Waals surface area contributed by atoms with Crippen molar-refractivity contribution in [1.29, 1.82) is 0 Å². The van der Waals surface area contributed by atoms with E-state index in [4.69, 9.17) is 10.5 Å². The van der Waals surface area contributed by atoms with E-state index < -0.39 is 0 Å². The monoisotopic (exact) mass is 283 g/mol. The maximum Gasteiger partial charge on any atom is 0.338 e. The van der Waals surface area contributed by atoms with Crippen molar-refractivity contribution >= 4 is 11.7 Å². The molecule has 0 bridgehead atoms. The molecule has 21 heavy (non-hydrogen) atoms. The second-order valence-corrected chi connectivity index (χ2v) is 5.53. The Bertz CT molecular complexity index is 667. The molecule has 0 spiro atoms. The van der Waals surface area contributed by atoms with E-state index >= 15 is 0 Å². The predicted octanol–water partition coefficient (Wildman–Crippen LogP) is 3.86. The summed E-state index contributed by atoms with van der Waals surface area (Å²) in [4.78, 5) is 12.2. The van der Waals surface area contributed by atoms with Gasteiger partial charge >= 0.3 is 5.97 Å². The number of benzene rings is 2. The molecule has 0 atom stereocenters. The van der Waals surface area contributed by atoms with Crippen LogP contribution in [0.4, 0.5) is 5.69 Å².